The molecule has 3 aromatic heterocycles. The summed E-state index contributed by atoms with van der Waals surface area (Å²) >= 11 is 3.68. The Bertz CT molecular complexity index is 2120. The van der Waals surface area contributed by atoms with Crippen LogP contribution < -0.4 is 0 Å². The minimum Gasteiger partial charge on any atom is -0.512 e. The number of fused-ring (bicyclic) bond motifs is 3. The van der Waals surface area contributed by atoms with Crippen molar-refractivity contribution in [3.63, 3.8) is 0 Å². The molecular weight excluding hydrogens is 818 g/mol. The summed E-state index contributed by atoms with van der Waals surface area (Å²) in [5.74, 6) is -3.07. The van der Waals surface area contributed by atoms with Gasteiger partial charge in [-0.3, -0.25) is 9.78 Å². The van der Waals surface area contributed by atoms with Gasteiger partial charge in [0.1, 0.15) is 6.33 Å². The van der Waals surface area contributed by atoms with E-state index in [0.29, 0.717) is 0 Å². The molecule has 0 aliphatic heterocycles. The molecule has 0 fully saturated rings. The number of nitrogens with zero attached hydrogens (tertiary/aromatic N) is 2. The van der Waals surface area contributed by atoms with Crippen LogP contribution in [0.2, 0.25) is 0 Å². The van der Waals surface area contributed by atoms with Crippen LogP contribution in [0.15, 0.2) is 72.8 Å². The fraction of sp³-hybridized carbons (Fsp3) is 0.270. The summed E-state index contributed by atoms with van der Waals surface area (Å²) < 4.78 is 37.2. The van der Waals surface area contributed by atoms with Gasteiger partial charge in [-0.2, -0.15) is 13.2 Å². The number of allylic oxidation sites excluding steroid dienone is 2. The number of carbonyl (C=O) groups is 1. The zero-order chi connectivity index (χ0) is 33.6. The number of aliphatic hydroxyl groups is 1. The van der Waals surface area contributed by atoms with Crippen molar-refractivity contribution in [1.29, 1.82) is 0 Å². The standard InChI is InChI=1S/C30H25N2S2.C7H9F3O2.Ir/c1-17-21-11-8-9-13-24(21)33-27(17)28-18(2)25-29(34-28)26(32-16-31-25)20-14-19-10-6-7-12-22(19)23(15-20)30(3,4)5;1-4(2)5(11)3-6(12)7(8,9)10;/h6-13,15-16H,1-5H3;3-4,11H,1-2H3;/q-1;;/b;5-3-;. The number of rotatable bonds is 4. The van der Waals surface area contributed by atoms with Gasteiger partial charge in [-0.15, -0.1) is 51.8 Å². The van der Waals surface area contributed by atoms with Crippen LogP contribution in [-0.2, 0) is 30.3 Å². The van der Waals surface area contributed by atoms with E-state index in [4.69, 9.17) is 15.1 Å². The van der Waals surface area contributed by atoms with E-state index in [1.165, 1.54) is 55.8 Å². The first kappa shape index (κ1) is 36.4. The molecule has 47 heavy (non-hydrogen) atoms. The summed E-state index contributed by atoms with van der Waals surface area (Å²) in [5.41, 5.74) is 6.96. The third kappa shape index (κ3) is 7.51. The van der Waals surface area contributed by atoms with Crippen LogP contribution in [0.25, 0.3) is 52.1 Å². The van der Waals surface area contributed by atoms with Crippen molar-refractivity contribution in [3.8, 4) is 21.0 Å². The van der Waals surface area contributed by atoms with Crippen molar-refractivity contribution in [2.45, 2.75) is 60.1 Å². The van der Waals surface area contributed by atoms with E-state index in [1.54, 1.807) is 6.33 Å². The smallest absolute Gasteiger partial charge is 0.454 e. The molecule has 0 amide bonds. The number of halogens is 3. The van der Waals surface area contributed by atoms with Crippen molar-refractivity contribution in [2.75, 3.05) is 0 Å². The van der Waals surface area contributed by atoms with Crippen LogP contribution in [0.5, 0.6) is 0 Å². The molecule has 0 atom stereocenters. The number of ketones is 1. The second-order valence-corrected chi connectivity index (χ2v) is 14.6. The van der Waals surface area contributed by atoms with Crippen LogP contribution in [-0.4, -0.2) is 27.0 Å². The molecule has 0 aliphatic carbocycles. The van der Waals surface area contributed by atoms with E-state index in [1.807, 2.05) is 22.7 Å². The van der Waals surface area contributed by atoms with Gasteiger partial charge < -0.3 is 5.11 Å². The molecule has 0 bridgehead atoms. The molecule has 247 valence electrons. The molecular formula is C37H34F3IrN2O2S2-. The van der Waals surface area contributed by atoms with Crippen LogP contribution in [0.4, 0.5) is 13.2 Å². The molecule has 0 saturated heterocycles. The van der Waals surface area contributed by atoms with Crippen LogP contribution in [0.3, 0.4) is 0 Å². The fourth-order valence-electron chi connectivity index (χ4n) is 5.18. The SMILES string of the molecule is CC(C)/C(O)=C/C(=O)C(F)(F)F.Cc1c(-c2sc3c(-c4[c-]c5ccccc5c(C(C)(C)C)c4)ncnc3c2C)sc2ccccc12.[Ir]. The monoisotopic (exact) mass is 852 g/mol. The van der Waals surface area contributed by atoms with Gasteiger partial charge in [0.25, 0.3) is 5.78 Å². The molecule has 3 aromatic carbocycles. The van der Waals surface area contributed by atoms with Gasteiger partial charge in [0, 0.05) is 56.9 Å². The van der Waals surface area contributed by atoms with Crippen molar-refractivity contribution in [1.82, 2.24) is 9.97 Å². The number of carbonyl (C=O) groups excluding carboxylic acids is 1. The van der Waals surface area contributed by atoms with Crippen LogP contribution in [0, 0.1) is 25.8 Å². The van der Waals surface area contributed by atoms with Gasteiger partial charge in [0.05, 0.1) is 11.3 Å². The number of aromatic nitrogens is 2. The second-order valence-electron chi connectivity index (χ2n) is 12.5. The Labute approximate surface area is 293 Å². The van der Waals surface area contributed by atoms with Gasteiger partial charge in [-0.05, 0) is 41.8 Å². The van der Waals surface area contributed by atoms with Gasteiger partial charge in [0.15, 0.2) is 0 Å². The van der Waals surface area contributed by atoms with Crippen molar-refractivity contribution in [2.24, 2.45) is 5.92 Å². The van der Waals surface area contributed by atoms with Crippen LogP contribution in [0.1, 0.15) is 51.3 Å². The molecule has 0 saturated carbocycles. The van der Waals surface area contributed by atoms with E-state index in [0.717, 1.165) is 26.9 Å². The largest absolute Gasteiger partial charge is 0.512 e. The average molecular weight is 852 g/mol. The summed E-state index contributed by atoms with van der Waals surface area (Å²) in [6, 6.07) is 23.2. The van der Waals surface area contributed by atoms with Crippen molar-refractivity contribution in [3.05, 3.63) is 95.5 Å². The number of aryl methyl sites for hydroxylation is 2. The van der Waals surface area contributed by atoms with E-state index < -0.39 is 23.6 Å². The van der Waals surface area contributed by atoms with Crippen molar-refractivity contribution >= 4 is 59.5 Å². The molecule has 0 aliphatic rings. The second kappa shape index (κ2) is 14.0. The number of hydrogen-bond acceptors (Lipinski definition) is 6. The summed E-state index contributed by atoms with van der Waals surface area (Å²) in [5, 5.41) is 12.5. The number of benzene rings is 3. The van der Waals surface area contributed by atoms with E-state index in [-0.39, 0.29) is 31.6 Å². The average Bonchev–Trinajstić information content (AvgIpc) is 3.51. The maximum Gasteiger partial charge on any atom is 0.454 e. The quantitative estimate of drug-likeness (QED) is 0.109. The molecule has 4 nitrogen and oxygen atoms in total. The third-order valence-electron chi connectivity index (χ3n) is 7.74. The van der Waals surface area contributed by atoms with Gasteiger partial charge in [-0.25, -0.2) is 4.98 Å². The predicted molar refractivity (Wildman–Crippen MR) is 185 cm³/mol. The Morgan fingerprint density at radius 1 is 0.915 bits per heavy atom. The summed E-state index contributed by atoms with van der Waals surface area (Å²) in [6.45, 7) is 14.2. The third-order valence-corrected chi connectivity index (χ3v) is 10.5. The maximum atomic E-state index is 11.6. The number of alkyl halides is 3. The van der Waals surface area contributed by atoms with Gasteiger partial charge in [-0.1, -0.05) is 82.0 Å². The topological polar surface area (TPSA) is 63.1 Å². The molecule has 1 radical (unpaired) electrons. The Hall–Kier alpha value is -3.43. The summed E-state index contributed by atoms with van der Waals surface area (Å²) in [7, 11) is 0. The number of hydrogen-bond donors (Lipinski definition) is 1. The minimum absolute atomic E-state index is 0. The Kier molecular flexibility index (Phi) is 10.8. The molecule has 0 unspecified atom stereocenters. The normalized spacial score (nSPS) is 12.4. The molecule has 0 spiro atoms. The molecule has 1 N–H and O–H groups in total. The summed E-state index contributed by atoms with van der Waals surface area (Å²) in [4.78, 5) is 22.4. The molecule has 10 heteroatoms. The first-order valence-corrected chi connectivity index (χ1v) is 16.4. The van der Waals surface area contributed by atoms with E-state index in [9.17, 15) is 18.0 Å². The number of aliphatic hydroxyl groups excluding tert-OH is 1. The first-order valence-electron chi connectivity index (χ1n) is 14.8. The zero-order valence-corrected chi connectivity index (χ0v) is 31.0. The maximum absolute atomic E-state index is 11.6. The number of thiophene rings is 2. The Morgan fingerprint density at radius 3 is 2.15 bits per heavy atom. The minimum atomic E-state index is -4.90. The molecule has 6 aromatic rings. The van der Waals surface area contributed by atoms with E-state index >= 15 is 0 Å². The van der Waals surface area contributed by atoms with Crippen molar-refractivity contribution < 1.29 is 43.2 Å². The summed E-state index contributed by atoms with van der Waals surface area (Å²) in [6.07, 6.45) is -2.99. The van der Waals surface area contributed by atoms with E-state index in [2.05, 4.69) is 95.3 Å². The predicted octanol–water partition coefficient (Wildman–Crippen LogP) is 11.3. The van der Waals surface area contributed by atoms with Gasteiger partial charge >= 0.3 is 6.18 Å². The Balaban J connectivity index is 0.000000331. The molecule has 6 rings (SSSR count). The van der Waals surface area contributed by atoms with Gasteiger partial charge in [0.2, 0.25) is 0 Å². The first-order chi connectivity index (χ1) is 21.6. The zero-order valence-electron chi connectivity index (χ0n) is 27.0. The van der Waals surface area contributed by atoms with Crippen LogP contribution >= 0.6 is 22.7 Å². The Morgan fingerprint density at radius 2 is 1.53 bits per heavy atom. The molecule has 3 heterocycles. The fourth-order valence-corrected chi connectivity index (χ4v) is 7.90.